The number of rotatable bonds is 6. The third-order valence-corrected chi connectivity index (χ3v) is 5.60. The zero-order valence-corrected chi connectivity index (χ0v) is 13.4. The minimum atomic E-state index is -3.48. The van der Waals surface area contributed by atoms with Gasteiger partial charge in [0.1, 0.15) is 0 Å². The molecule has 2 rings (SSSR count). The molecular formula is C14H24N4O2S. The largest absolute Gasteiger partial charge is 0.318 e. The minimum Gasteiger partial charge on any atom is -0.318 e. The standard InChI is InChI=1S/C14H24N4O2S/c1-12(13-6-8-16-9-7-13)17-21(19,20)18-10-4-3-5-14(18)11-15-2/h6-9,12,14-15,17H,3-5,10-11H2,1-2H3. The first-order valence-corrected chi connectivity index (χ1v) is 8.82. The Hall–Kier alpha value is -1.02. The second-order valence-corrected chi connectivity index (χ2v) is 7.10. The Bertz CT molecular complexity index is 533. The summed E-state index contributed by atoms with van der Waals surface area (Å²) < 4.78 is 29.6. The number of pyridine rings is 1. The molecular weight excluding hydrogens is 288 g/mol. The van der Waals surface area contributed by atoms with Gasteiger partial charge in [0.05, 0.1) is 0 Å². The Balaban J connectivity index is 2.09. The van der Waals surface area contributed by atoms with Gasteiger partial charge < -0.3 is 5.32 Å². The summed E-state index contributed by atoms with van der Waals surface area (Å²) in [6.07, 6.45) is 6.25. The molecule has 1 fully saturated rings. The molecule has 21 heavy (non-hydrogen) atoms. The van der Waals surface area contributed by atoms with Crippen LogP contribution in [-0.4, -0.2) is 43.9 Å². The second kappa shape index (κ2) is 7.31. The summed E-state index contributed by atoms with van der Waals surface area (Å²) in [6.45, 7) is 3.12. The van der Waals surface area contributed by atoms with E-state index >= 15 is 0 Å². The lowest BCUT2D eigenvalue weighted by Gasteiger charge is -2.35. The number of hydrogen-bond acceptors (Lipinski definition) is 4. The van der Waals surface area contributed by atoms with Crippen LogP contribution in [0.25, 0.3) is 0 Å². The van der Waals surface area contributed by atoms with Crippen molar-refractivity contribution in [2.75, 3.05) is 20.1 Å². The third-order valence-electron chi connectivity index (χ3n) is 3.85. The molecule has 7 heteroatoms. The zero-order valence-electron chi connectivity index (χ0n) is 12.6. The second-order valence-electron chi connectivity index (χ2n) is 5.44. The van der Waals surface area contributed by atoms with Crippen molar-refractivity contribution in [3.8, 4) is 0 Å². The minimum absolute atomic E-state index is 0.0332. The molecule has 1 saturated heterocycles. The maximum atomic E-state index is 12.6. The van der Waals surface area contributed by atoms with Crippen molar-refractivity contribution in [3.05, 3.63) is 30.1 Å². The highest BCUT2D eigenvalue weighted by Crippen LogP contribution is 2.21. The molecule has 2 atom stereocenters. The van der Waals surface area contributed by atoms with Crippen LogP contribution in [0.4, 0.5) is 0 Å². The molecule has 0 bridgehead atoms. The van der Waals surface area contributed by atoms with E-state index in [0.717, 1.165) is 24.8 Å². The molecule has 0 spiro atoms. The quantitative estimate of drug-likeness (QED) is 0.823. The van der Waals surface area contributed by atoms with Crippen molar-refractivity contribution in [2.24, 2.45) is 0 Å². The van der Waals surface area contributed by atoms with E-state index in [2.05, 4.69) is 15.0 Å². The predicted octanol–water partition coefficient (Wildman–Crippen LogP) is 1.05. The van der Waals surface area contributed by atoms with Crippen LogP contribution in [0.2, 0.25) is 0 Å². The summed E-state index contributed by atoms with van der Waals surface area (Å²) in [4.78, 5) is 3.95. The molecule has 2 heterocycles. The van der Waals surface area contributed by atoms with Crippen LogP contribution in [0.1, 0.15) is 37.8 Å². The smallest absolute Gasteiger partial charge is 0.280 e. The van der Waals surface area contributed by atoms with Gasteiger partial charge >= 0.3 is 0 Å². The molecule has 0 saturated carbocycles. The van der Waals surface area contributed by atoms with Gasteiger partial charge in [0, 0.05) is 37.6 Å². The van der Waals surface area contributed by atoms with Crippen molar-refractivity contribution < 1.29 is 8.42 Å². The summed E-state index contributed by atoms with van der Waals surface area (Å²) in [7, 11) is -1.63. The molecule has 1 aliphatic rings. The average molecular weight is 312 g/mol. The Kier molecular flexibility index (Phi) is 5.69. The van der Waals surface area contributed by atoms with E-state index in [1.807, 2.05) is 26.1 Å². The van der Waals surface area contributed by atoms with Gasteiger partial charge in [-0.3, -0.25) is 4.98 Å². The maximum absolute atomic E-state index is 12.6. The number of piperidine rings is 1. The fourth-order valence-corrected chi connectivity index (χ4v) is 4.40. The van der Waals surface area contributed by atoms with Crippen LogP contribution in [0.3, 0.4) is 0 Å². The van der Waals surface area contributed by atoms with Crippen LogP contribution >= 0.6 is 0 Å². The van der Waals surface area contributed by atoms with Gasteiger partial charge in [-0.2, -0.15) is 17.4 Å². The summed E-state index contributed by atoms with van der Waals surface area (Å²) in [5, 5.41) is 3.08. The zero-order chi connectivity index (χ0) is 15.3. The van der Waals surface area contributed by atoms with Crippen molar-refractivity contribution >= 4 is 10.2 Å². The lowest BCUT2D eigenvalue weighted by molar-refractivity contribution is 0.245. The molecule has 118 valence electrons. The van der Waals surface area contributed by atoms with Crippen LogP contribution < -0.4 is 10.0 Å². The summed E-state index contributed by atoms with van der Waals surface area (Å²) in [6, 6.07) is 3.42. The van der Waals surface area contributed by atoms with Gasteiger partial charge in [0.25, 0.3) is 10.2 Å². The molecule has 1 aliphatic heterocycles. The lowest BCUT2D eigenvalue weighted by Crippen LogP contribution is -2.52. The first-order valence-electron chi connectivity index (χ1n) is 7.38. The van der Waals surface area contributed by atoms with Gasteiger partial charge in [-0.1, -0.05) is 6.42 Å². The molecule has 0 aliphatic carbocycles. The van der Waals surface area contributed by atoms with Crippen molar-refractivity contribution in [3.63, 3.8) is 0 Å². The van der Waals surface area contributed by atoms with Gasteiger partial charge in [-0.25, -0.2) is 0 Å². The fourth-order valence-electron chi connectivity index (χ4n) is 2.74. The number of aromatic nitrogens is 1. The van der Waals surface area contributed by atoms with E-state index in [-0.39, 0.29) is 12.1 Å². The monoisotopic (exact) mass is 312 g/mol. The molecule has 0 radical (unpaired) electrons. The van der Waals surface area contributed by atoms with Crippen molar-refractivity contribution in [2.45, 2.75) is 38.3 Å². The van der Waals surface area contributed by atoms with Gasteiger partial charge in [-0.15, -0.1) is 0 Å². The van der Waals surface area contributed by atoms with Crippen molar-refractivity contribution in [1.29, 1.82) is 0 Å². The highest BCUT2D eigenvalue weighted by molar-refractivity contribution is 7.87. The molecule has 0 amide bonds. The summed E-state index contributed by atoms with van der Waals surface area (Å²) in [5.74, 6) is 0. The van der Waals surface area contributed by atoms with Crippen LogP contribution in [0.15, 0.2) is 24.5 Å². The molecule has 2 N–H and O–H groups in total. The van der Waals surface area contributed by atoms with Crippen LogP contribution in [0.5, 0.6) is 0 Å². The normalized spacial score (nSPS) is 22.1. The van der Waals surface area contributed by atoms with E-state index in [0.29, 0.717) is 13.1 Å². The van der Waals surface area contributed by atoms with Crippen LogP contribution in [0, 0.1) is 0 Å². The van der Waals surface area contributed by atoms with E-state index in [1.54, 1.807) is 16.7 Å². The Morgan fingerprint density at radius 1 is 1.38 bits per heavy atom. The van der Waals surface area contributed by atoms with Crippen LogP contribution in [-0.2, 0) is 10.2 Å². The number of hydrogen-bond donors (Lipinski definition) is 2. The SMILES string of the molecule is CNCC1CCCCN1S(=O)(=O)NC(C)c1ccncc1. The number of likely N-dealkylation sites (N-methyl/N-ethyl adjacent to an activating group) is 1. The molecule has 1 aromatic heterocycles. The van der Waals surface area contributed by atoms with E-state index in [9.17, 15) is 8.42 Å². The Morgan fingerprint density at radius 3 is 2.76 bits per heavy atom. The topological polar surface area (TPSA) is 74.3 Å². The number of nitrogens with one attached hydrogen (secondary N) is 2. The Morgan fingerprint density at radius 2 is 2.10 bits per heavy atom. The Labute approximate surface area is 127 Å². The number of nitrogens with zero attached hydrogens (tertiary/aromatic N) is 2. The fraction of sp³-hybridized carbons (Fsp3) is 0.643. The lowest BCUT2D eigenvalue weighted by atomic mass is 10.1. The maximum Gasteiger partial charge on any atom is 0.280 e. The molecule has 2 unspecified atom stereocenters. The summed E-state index contributed by atoms with van der Waals surface area (Å²) >= 11 is 0. The van der Waals surface area contributed by atoms with E-state index in [4.69, 9.17) is 0 Å². The van der Waals surface area contributed by atoms with E-state index in [1.165, 1.54) is 0 Å². The average Bonchev–Trinajstić information content (AvgIpc) is 2.48. The molecule has 1 aromatic rings. The van der Waals surface area contributed by atoms with E-state index < -0.39 is 10.2 Å². The van der Waals surface area contributed by atoms with Gasteiger partial charge in [-0.05, 0) is 44.5 Å². The van der Waals surface area contributed by atoms with Gasteiger partial charge in [0.2, 0.25) is 0 Å². The molecule has 6 nitrogen and oxygen atoms in total. The first kappa shape index (κ1) is 16.4. The van der Waals surface area contributed by atoms with Gasteiger partial charge in [0.15, 0.2) is 0 Å². The first-order chi connectivity index (χ1) is 10.0. The highest BCUT2D eigenvalue weighted by Gasteiger charge is 2.32. The van der Waals surface area contributed by atoms with Crippen molar-refractivity contribution in [1.82, 2.24) is 19.3 Å². The molecule has 0 aromatic carbocycles. The predicted molar refractivity (Wildman–Crippen MR) is 83.0 cm³/mol. The third kappa shape index (κ3) is 4.23. The summed E-state index contributed by atoms with van der Waals surface area (Å²) in [5.41, 5.74) is 0.913. The highest BCUT2D eigenvalue weighted by atomic mass is 32.2.